The molecule has 1 fully saturated rings. The van der Waals surface area contributed by atoms with Gasteiger partial charge in [-0.15, -0.1) is 0 Å². The molecule has 1 unspecified atom stereocenters. The van der Waals surface area contributed by atoms with E-state index >= 15 is 0 Å². The third-order valence-corrected chi connectivity index (χ3v) is 5.73. The van der Waals surface area contributed by atoms with Gasteiger partial charge in [0.05, 0.1) is 5.75 Å². The van der Waals surface area contributed by atoms with Crippen molar-refractivity contribution in [3.63, 3.8) is 0 Å². The summed E-state index contributed by atoms with van der Waals surface area (Å²) in [6.45, 7) is 7.21. The molecule has 19 heavy (non-hydrogen) atoms. The molecule has 1 N–H and O–H groups in total. The molecule has 0 bridgehead atoms. The highest BCUT2D eigenvalue weighted by molar-refractivity contribution is 7.89. The summed E-state index contributed by atoms with van der Waals surface area (Å²) in [7, 11) is -3.05. The smallest absolute Gasteiger partial charge is 0.215 e. The Morgan fingerprint density at radius 3 is 2.58 bits per heavy atom. The second-order valence-corrected chi connectivity index (χ2v) is 7.64. The zero-order chi connectivity index (χ0) is 14.1. The largest absolute Gasteiger partial charge is 0.316 e. The van der Waals surface area contributed by atoms with Gasteiger partial charge in [0, 0.05) is 19.6 Å². The quantitative estimate of drug-likeness (QED) is 0.697. The topological polar surface area (TPSA) is 49.4 Å². The fourth-order valence-corrected chi connectivity index (χ4v) is 4.20. The first-order chi connectivity index (χ1) is 9.10. The molecular weight excluding hydrogens is 260 g/mol. The Bertz CT molecular complexity index is 330. The Hall–Kier alpha value is -0.130. The van der Waals surface area contributed by atoms with E-state index in [4.69, 9.17) is 0 Å². The molecule has 0 aromatic heterocycles. The Balaban J connectivity index is 2.40. The van der Waals surface area contributed by atoms with Crippen molar-refractivity contribution in [3.8, 4) is 0 Å². The van der Waals surface area contributed by atoms with Crippen molar-refractivity contribution >= 4 is 10.0 Å². The third-order valence-electron chi connectivity index (χ3n) is 3.86. The van der Waals surface area contributed by atoms with E-state index in [1.807, 2.05) is 0 Å². The summed E-state index contributed by atoms with van der Waals surface area (Å²) in [4.78, 5) is 0. The van der Waals surface area contributed by atoms with Crippen molar-refractivity contribution in [3.05, 3.63) is 0 Å². The molecule has 1 aliphatic rings. The first-order valence-electron chi connectivity index (χ1n) is 7.78. The number of sulfonamides is 1. The summed E-state index contributed by atoms with van der Waals surface area (Å²) in [5.74, 6) is 0.967. The summed E-state index contributed by atoms with van der Waals surface area (Å²) in [5, 5.41) is 3.17. The lowest BCUT2D eigenvalue weighted by atomic mass is 9.96. The molecule has 0 amide bonds. The molecule has 4 nitrogen and oxygen atoms in total. The first-order valence-corrected chi connectivity index (χ1v) is 9.39. The van der Waals surface area contributed by atoms with E-state index in [2.05, 4.69) is 19.2 Å². The molecule has 1 saturated heterocycles. The minimum atomic E-state index is -3.05. The molecule has 1 heterocycles. The van der Waals surface area contributed by atoms with Crippen molar-refractivity contribution in [1.29, 1.82) is 0 Å². The summed E-state index contributed by atoms with van der Waals surface area (Å²) in [5.41, 5.74) is 0. The molecule has 0 aromatic rings. The van der Waals surface area contributed by atoms with Crippen LogP contribution in [-0.2, 0) is 10.0 Å². The molecule has 0 radical (unpaired) electrons. The molecule has 1 atom stereocenters. The van der Waals surface area contributed by atoms with Crippen molar-refractivity contribution in [2.75, 3.05) is 31.9 Å². The van der Waals surface area contributed by atoms with Gasteiger partial charge in [-0.2, -0.15) is 0 Å². The van der Waals surface area contributed by atoms with Crippen molar-refractivity contribution in [2.45, 2.75) is 52.4 Å². The number of nitrogens with zero attached hydrogens (tertiary/aromatic N) is 1. The minimum Gasteiger partial charge on any atom is -0.316 e. The van der Waals surface area contributed by atoms with Gasteiger partial charge in [-0.05, 0) is 38.1 Å². The predicted octanol–water partition coefficient (Wildman–Crippen LogP) is 2.22. The normalized spacial score (nSPS) is 22.3. The van der Waals surface area contributed by atoms with E-state index in [9.17, 15) is 8.42 Å². The number of hydrogen-bond donors (Lipinski definition) is 1. The van der Waals surface area contributed by atoms with E-state index < -0.39 is 10.0 Å². The van der Waals surface area contributed by atoms with Crippen LogP contribution in [0.4, 0.5) is 0 Å². The molecule has 1 rings (SSSR count). The number of rotatable bonds is 8. The fraction of sp³-hybridized carbons (Fsp3) is 1.00. The van der Waals surface area contributed by atoms with Crippen LogP contribution in [0.2, 0.25) is 0 Å². The van der Waals surface area contributed by atoms with Crippen LogP contribution in [0.15, 0.2) is 0 Å². The Labute approximate surface area is 119 Å². The molecule has 0 spiro atoms. The maximum atomic E-state index is 12.3. The summed E-state index contributed by atoms with van der Waals surface area (Å²) >= 11 is 0. The van der Waals surface area contributed by atoms with Gasteiger partial charge in [0.1, 0.15) is 0 Å². The second kappa shape index (κ2) is 8.93. The average molecular weight is 290 g/mol. The van der Waals surface area contributed by atoms with Crippen LogP contribution in [0, 0.1) is 5.92 Å². The number of hydrogen-bond acceptors (Lipinski definition) is 3. The van der Waals surface area contributed by atoms with E-state index in [-0.39, 0.29) is 5.75 Å². The van der Waals surface area contributed by atoms with E-state index in [1.54, 1.807) is 4.31 Å². The highest BCUT2D eigenvalue weighted by Crippen LogP contribution is 2.23. The lowest BCUT2D eigenvalue weighted by molar-refractivity contribution is 0.399. The van der Waals surface area contributed by atoms with Crippen LogP contribution in [-0.4, -0.2) is 44.7 Å². The van der Waals surface area contributed by atoms with Crippen LogP contribution in [0.1, 0.15) is 52.4 Å². The lowest BCUT2D eigenvalue weighted by Gasteiger charge is -2.20. The van der Waals surface area contributed by atoms with Gasteiger partial charge in [0.2, 0.25) is 10.0 Å². The van der Waals surface area contributed by atoms with Crippen LogP contribution >= 0.6 is 0 Å². The van der Waals surface area contributed by atoms with E-state index in [0.717, 1.165) is 44.8 Å². The number of nitrogens with one attached hydrogen (secondary N) is 1. The van der Waals surface area contributed by atoms with Crippen molar-refractivity contribution in [1.82, 2.24) is 9.62 Å². The maximum absolute atomic E-state index is 12.3. The van der Waals surface area contributed by atoms with Crippen molar-refractivity contribution < 1.29 is 8.42 Å². The van der Waals surface area contributed by atoms with Crippen LogP contribution in [0.25, 0.3) is 0 Å². The lowest BCUT2D eigenvalue weighted by Crippen LogP contribution is -2.37. The summed E-state index contributed by atoms with van der Waals surface area (Å²) < 4.78 is 26.2. The molecule has 5 heteroatoms. The monoisotopic (exact) mass is 290 g/mol. The molecule has 0 saturated carbocycles. The van der Waals surface area contributed by atoms with E-state index in [0.29, 0.717) is 6.54 Å². The highest BCUT2D eigenvalue weighted by atomic mass is 32.2. The molecule has 114 valence electrons. The van der Waals surface area contributed by atoms with Crippen molar-refractivity contribution in [2.24, 2.45) is 5.92 Å². The zero-order valence-corrected chi connectivity index (χ0v) is 13.3. The molecular formula is C14H30N2O2S. The van der Waals surface area contributed by atoms with Gasteiger partial charge in [-0.1, -0.05) is 26.7 Å². The van der Waals surface area contributed by atoms with Gasteiger partial charge in [0.25, 0.3) is 0 Å². The van der Waals surface area contributed by atoms with Crippen LogP contribution in [0.5, 0.6) is 0 Å². The second-order valence-electron chi connectivity index (χ2n) is 5.55. The predicted molar refractivity (Wildman–Crippen MR) is 80.8 cm³/mol. The van der Waals surface area contributed by atoms with Gasteiger partial charge < -0.3 is 5.32 Å². The summed E-state index contributed by atoms with van der Waals surface area (Å²) in [6.07, 6.45) is 6.74. The molecule has 0 aromatic carbocycles. The summed E-state index contributed by atoms with van der Waals surface area (Å²) in [6, 6.07) is 0. The van der Waals surface area contributed by atoms with Gasteiger partial charge in [0.15, 0.2) is 0 Å². The first kappa shape index (κ1) is 16.9. The zero-order valence-electron chi connectivity index (χ0n) is 12.5. The molecule has 1 aliphatic heterocycles. The fourth-order valence-electron chi connectivity index (χ4n) is 2.75. The Morgan fingerprint density at radius 1 is 1.11 bits per heavy atom. The van der Waals surface area contributed by atoms with Gasteiger partial charge in [-0.25, -0.2) is 12.7 Å². The maximum Gasteiger partial charge on any atom is 0.215 e. The Kier molecular flexibility index (Phi) is 7.95. The standard InChI is InChI=1S/C14H30N2O2S/c1-3-6-14-7-5-11-16(12-8-14)19(17,18)13-10-15-9-4-2/h14-15H,3-13H2,1-2H3. The third kappa shape index (κ3) is 6.23. The van der Waals surface area contributed by atoms with Crippen LogP contribution in [0.3, 0.4) is 0 Å². The average Bonchev–Trinajstić information content (AvgIpc) is 2.61. The van der Waals surface area contributed by atoms with Gasteiger partial charge in [-0.3, -0.25) is 0 Å². The highest BCUT2D eigenvalue weighted by Gasteiger charge is 2.25. The van der Waals surface area contributed by atoms with E-state index in [1.165, 1.54) is 19.3 Å². The Morgan fingerprint density at radius 2 is 1.89 bits per heavy atom. The SMILES string of the molecule is CCCNCCS(=O)(=O)N1CCCC(CCC)CC1. The van der Waals surface area contributed by atoms with Gasteiger partial charge >= 0.3 is 0 Å². The van der Waals surface area contributed by atoms with Crippen LogP contribution < -0.4 is 5.32 Å². The minimum absolute atomic E-state index is 0.242. The molecule has 0 aliphatic carbocycles.